The van der Waals surface area contributed by atoms with Crippen LogP contribution in [0.3, 0.4) is 0 Å². The lowest BCUT2D eigenvalue weighted by Gasteiger charge is -2.26. The van der Waals surface area contributed by atoms with Crippen LogP contribution in [0.15, 0.2) is 53.7 Å². The van der Waals surface area contributed by atoms with Crippen LogP contribution in [0.2, 0.25) is 0 Å². The lowest BCUT2D eigenvalue weighted by Crippen LogP contribution is -2.53. The third-order valence-corrected chi connectivity index (χ3v) is 6.37. The topological polar surface area (TPSA) is 114 Å². The number of nitrogens with one attached hydrogen (secondary N) is 1. The van der Waals surface area contributed by atoms with Gasteiger partial charge in [-0.1, -0.05) is 54.5 Å². The monoisotopic (exact) mass is 546 g/mol. The van der Waals surface area contributed by atoms with Gasteiger partial charge in [-0.05, 0) is 17.2 Å². The molecule has 0 bridgehead atoms. The maximum absolute atomic E-state index is 13.9. The second kappa shape index (κ2) is 11.1. The highest BCUT2D eigenvalue weighted by Gasteiger charge is 2.46. The van der Waals surface area contributed by atoms with Crippen molar-refractivity contribution in [2.45, 2.75) is 37.8 Å². The summed E-state index contributed by atoms with van der Waals surface area (Å²) in [6, 6.07) is 11.3. The first-order valence-electron chi connectivity index (χ1n) is 11.8. The summed E-state index contributed by atoms with van der Waals surface area (Å²) in [6.07, 6.45) is -0.805. The molecule has 2 N–H and O–H groups in total. The third-order valence-electron chi connectivity index (χ3n) is 6.37. The van der Waals surface area contributed by atoms with Crippen LogP contribution in [0.5, 0.6) is 5.75 Å². The number of amides is 1. The van der Waals surface area contributed by atoms with Gasteiger partial charge in [-0.15, -0.1) is 0 Å². The second-order valence-corrected chi connectivity index (χ2v) is 8.86. The van der Waals surface area contributed by atoms with E-state index in [2.05, 4.69) is 15.2 Å². The molecule has 1 aliphatic heterocycles. The number of rotatable bonds is 10. The number of hydrogen-bond donors (Lipinski definition) is 2. The van der Waals surface area contributed by atoms with E-state index in [4.69, 9.17) is 4.84 Å². The molecule has 204 valence electrons. The van der Waals surface area contributed by atoms with Gasteiger partial charge < -0.3 is 20.0 Å². The van der Waals surface area contributed by atoms with Crippen LogP contribution >= 0.6 is 0 Å². The fourth-order valence-corrected chi connectivity index (χ4v) is 4.20. The lowest BCUT2D eigenvalue weighted by atomic mass is 9.89. The minimum atomic E-state index is -1.87. The predicted octanol–water partition coefficient (Wildman–Crippen LogP) is 4.28. The van der Waals surface area contributed by atoms with Crippen LogP contribution in [-0.4, -0.2) is 46.7 Å². The molecule has 39 heavy (non-hydrogen) atoms. The summed E-state index contributed by atoms with van der Waals surface area (Å²) in [7, 11) is 0. The molecule has 3 aromatic rings. The molecule has 8 nitrogen and oxygen atoms in total. The standard InChI is InChI=1S/C27H22F4N2O6/c1-2-27(12-20(33-39-27)16-9-5-7-14-6-3-4-8-15(14)16)26(37)32-19(11-22(35)36)21(34)13-38-25-23(30)17(28)10-18(29)24(25)31/h3-10,19H,2,11-13H2,1H3,(H,32,37)(H,35,36). The van der Waals surface area contributed by atoms with Crippen molar-refractivity contribution in [3.8, 4) is 5.75 Å². The minimum Gasteiger partial charge on any atom is -0.481 e. The second-order valence-electron chi connectivity index (χ2n) is 8.86. The number of Topliss-reactive ketones (excluding diaryl/α,β-unsaturated/α-hetero) is 1. The number of ether oxygens (including phenoxy) is 1. The number of hydrogen-bond acceptors (Lipinski definition) is 6. The Bertz CT molecular complexity index is 1460. The van der Waals surface area contributed by atoms with Crippen molar-refractivity contribution in [3.05, 3.63) is 77.4 Å². The number of carboxylic acid groups (broad SMARTS) is 1. The van der Waals surface area contributed by atoms with Gasteiger partial charge in [0.25, 0.3) is 5.91 Å². The molecular formula is C27H22F4N2O6. The van der Waals surface area contributed by atoms with Crippen LogP contribution in [0, 0.1) is 23.3 Å². The molecule has 0 saturated heterocycles. The highest BCUT2D eigenvalue weighted by atomic mass is 19.2. The molecule has 2 atom stereocenters. The molecule has 0 saturated carbocycles. The Labute approximate surface area is 219 Å². The van der Waals surface area contributed by atoms with Crippen molar-refractivity contribution < 1.29 is 46.6 Å². The van der Waals surface area contributed by atoms with Crippen LogP contribution in [0.4, 0.5) is 17.6 Å². The fraction of sp³-hybridized carbons (Fsp3) is 0.259. The number of oxime groups is 1. The van der Waals surface area contributed by atoms with Gasteiger partial charge in [0, 0.05) is 18.1 Å². The Morgan fingerprint density at radius 1 is 1.08 bits per heavy atom. The highest BCUT2D eigenvalue weighted by molar-refractivity contribution is 6.13. The van der Waals surface area contributed by atoms with Crippen LogP contribution < -0.4 is 10.1 Å². The summed E-state index contributed by atoms with van der Waals surface area (Å²) in [5.41, 5.74) is -0.379. The van der Waals surface area contributed by atoms with Gasteiger partial charge in [0.15, 0.2) is 23.2 Å². The molecular weight excluding hydrogens is 524 g/mol. The number of carbonyl (C=O) groups is 3. The number of ketones is 1. The minimum absolute atomic E-state index is 0.00676. The summed E-state index contributed by atoms with van der Waals surface area (Å²) < 4.78 is 59.3. The van der Waals surface area contributed by atoms with Crippen molar-refractivity contribution in [2.75, 3.05) is 6.61 Å². The zero-order chi connectivity index (χ0) is 28.3. The number of fused-ring (bicyclic) bond motifs is 1. The summed E-state index contributed by atoms with van der Waals surface area (Å²) in [5, 5.41) is 17.5. The van der Waals surface area contributed by atoms with Crippen molar-refractivity contribution >= 4 is 34.1 Å². The first-order valence-corrected chi connectivity index (χ1v) is 11.8. The Hall–Kier alpha value is -4.48. The van der Waals surface area contributed by atoms with Gasteiger partial charge in [-0.25, -0.2) is 8.78 Å². The molecule has 1 amide bonds. The van der Waals surface area contributed by atoms with Crippen molar-refractivity contribution in [1.29, 1.82) is 0 Å². The average Bonchev–Trinajstić information content (AvgIpc) is 3.36. The quantitative estimate of drug-likeness (QED) is 0.290. The number of carboxylic acids is 1. The van der Waals surface area contributed by atoms with E-state index in [1.807, 2.05) is 42.5 Å². The number of benzene rings is 3. The summed E-state index contributed by atoms with van der Waals surface area (Å²) in [4.78, 5) is 42.9. The van der Waals surface area contributed by atoms with E-state index in [0.717, 1.165) is 16.3 Å². The molecule has 0 fully saturated rings. The summed E-state index contributed by atoms with van der Waals surface area (Å²) in [5.74, 6) is -12.2. The molecule has 2 unspecified atom stereocenters. The number of carbonyl (C=O) groups excluding carboxylic acids is 2. The van der Waals surface area contributed by atoms with Crippen molar-refractivity contribution in [3.63, 3.8) is 0 Å². The van der Waals surface area contributed by atoms with Crippen molar-refractivity contribution in [1.82, 2.24) is 5.32 Å². The van der Waals surface area contributed by atoms with Gasteiger partial charge in [0.05, 0.1) is 12.1 Å². The summed E-state index contributed by atoms with van der Waals surface area (Å²) >= 11 is 0. The zero-order valence-electron chi connectivity index (χ0n) is 20.5. The molecule has 0 spiro atoms. The van der Waals surface area contributed by atoms with E-state index in [9.17, 15) is 37.1 Å². The van der Waals surface area contributed by atoms with Gasteiger partial charge >= 0.3 is 5.97 Å². The van der Waals surface area contributed by atoms with Crippen LogP contribution in [-0.2, 0) is 19.2 Å². The number of aliphatic carboxylic acids is 1. The Morgan fingerprint density at radius 3 is 2.41 bits per heavy atom. The zero-order valence-corrected chi connectivity index (χ0v) is 20.5. The van der Waals surface area contributed by atoms with E-state index in [0.29, 0.717) is 5.71 Å². The molecule has 4 rings (SSSR count). The van der Waals surface area contributed by atoms with Crippen LogP contribution in [0.1, 0.15) is 31.7 Å². The van der Waals surface area contributed by atoms with Gasteiger partial charge in [0.2, 0.25) is 17.2 Å². The SMILES string of the molecule is CCC1(C(=O)NC(CC(=O)O)C(=O)COc2c(F)c(F)cc(F)c2F)CC(c2cccc3ccccc23)=NO1. The average molecular weight is 546 g/mol. The van der Waals surface area contributed by atoms with Gasteiger partial charge in [-0.3, -0.25) is 14.4 Å². The van der Waals surface area contributed by atoms with E-state index >= 15 is 0 Å². The molecule has 0 aromatic heterocycles. The Kier molecular flexibility index (Phi) is 7.84. The molecule has 0 aliphatic carbocycles. The van der Waals surface area contributed by atoms with Crippen LogP contribution in [0.25, 0.3) is 10.8 Å². The maximum atomic E-state index is 13.9. The van der Waals surface area contributed by atoms with E-state index < -0.39 is 71.3 Å². The highest BCUT2D eigenvalue weighted by Crippen LogP contribution is 2.33. The molecule has 3 aromatic carbocycles. The normalized spacial score (nSPS) is 17.3. The molecule has 1 heterocycles. The molecule has 12 heteroatoms. The fourth-order valence-electron chi connectivity index (χ4n) is 4.20. The smallest absolute Gasteiger partial charge is 0.305 e. The number of halogens is 4. The Morgan fingerprint density at radius 2 is 1.74 bits per heavy atom. The predicted molar refractivity (Wildman–Crippen MR) is 130 cm³/mol. The number of nitrogens with zero attached hydrogens (tertiary/aromatic N) is 1. The van der Waals surface area contributed by atoms with Gasteiger partial charge in [0.1, 0.15) is 12.6 Å². The lowest BCUT2D eigenvalue weighted by molar-refractivity contribution is -0.148. The van der Waals surface area contributed by atoms with Gasteiger partial charge in [-0.2, -0.15) is 8.78 Å². The maximum Gasteiger partial charge on any atom is 0.305 e. The third kappa shape index (κ3) is 5.54. The van der Waals surface area contributed by atoms with Crippen molar-refractivity contribution in [2.24, 2.45) is 5.16 Å². The first kappa shape index (κ1) is 27.6. The van der Waals surface area contributed by atoms with E-state index in [1.54, 1.807) is 6.92 Å². The van der Waals surface area contributed by atoms with E-state index in [-0.39, 0.29) is 18.9 Å². The first-order chi connectivity index (χ1) is 18.6. The Balaban J connectivity index is 1.51. The molecule has 1 aliphatic rings. The summed E-state index contributed by atoms with van der Waals surface area (Å²) in [6.45, 7) is 0.453. The largest absolute Gasteiger partial charge is 0.481 e. The molecule has 0 radical (unpaired) electrons. The van der Waals surface area contributed by atoms with E-state index in [1.165, 1.54) is 0 Å².